The predicted octanol–water partition coefficient (Wildman–Crippen LogP) is 5.27. The van der Waals surface area contributed by atoms with Crippen LogP contribution in [0, 0.1) is 50.2 Å². The van der Waals surface area contributed by atoms with Gasteiger partial charge in [-0.25, -0.2) is 0 Å². The number of rotatable bonds is 3. The number of aliphatic carboxylic acids is 2. The van der Waals surface area contributed by atoms with Crippen molar-refractivity contribution in [3.05, 3.63) is 11.6 Å². The first-order chi connectivity index (χ1) is 16.6. The third-order valence-electron chi connectivity index (χ3n) is 13.4. The normalized spacial score (nSPS) is 54.2. The summed E-state index contributed by atoms with van der Waals surface area (Å²) in [7, 11) is 0. The summed E-state index contributed by atoms with van der Waals surface area (Å²) in [6.45, 7) is 11.0. The number of carboxylic acid groups (broad SMARTS) is 2. The molecule has 5 aliphatic carbocycles. The Morgan fingerprint density at radius 3 is 2.17 bits per heavy atom. The molecule has 6 heteroatoms. The van der Waals surface area contributed by atoms with Crippen LogP contribution in [0.1, 0.15) is 98.8 Å². The van der Waals surface area contributed by atoms with Gasteiger partial charge in [-0.2, -0.15) is 0 Å². The minimum Gasteiger partial charge on any atom is -0.481 e. The second kappa shape index (κ2) is 7.81. The van der Waals surface area contributed by atoms with E-state index in [9.17, 15) is 30.0 Å². The molecule has 202 valence electrons. The maximum atomic E-state index is 12.8. The van der Waals surface area contributed by atoms with Crippen molar-refractivity contribution in [1.82, 2.24) is 0 Å². The molecule has 0 radical (unpaired) electrons. The monoisotopic (exact) mass is 502 g/mol. The van der Waals surface area contributed by atoms with Gasteiger partial charge in [0.2, 0.25) is 0 Å². The molecule has 6 nitrogen and oxygen atoms in total. The van der Waals surface area contributed by atoms with Crippen LogP contribution in [0.2, 0.25) is 0 Å². The summed E-state index contributed by atoms with van der Waals surface area (Å²) in [6, 6.07) is 0. The van der Waals surface area contributed by atoms with E-state index in [0.717, 1.165) is 38.5 Å². The maximum Gasteiger partial charge on any atom is 0.312 e. The molecule has 10 atom stereocenters. The average Bonchev–Trinajstić information content (AvgIpc) is 2.82. The van der Waals surface area contributed by atoms with Crippen molar-refractivity contribution in [2.24, 2.45) is 50.2 Å². The third kappa shape index (κ3) is 2.98. The van der Waals surface area contributed by atoms with Crippen LogP contribution >= 0.6 is 0 Å². The Labute approximate surface area is 215 Å². The lowest BCUT2D eigenvalue weighted by atomic mass is 9.33. The summed E-state index contributed by atoms with van der Waals surface area (Å²) in [6.07, 6.45) is 8.94. The van der Waals surface area contributed by atoms with E-state index in [1.807, 2.05) is 0 Å². The first-order valence-corrected chi connectivity index (χ1v) is 14.1. The van der Waals surface area contributed by atoms with Gasteiger partial charge in [0.15, 0.2) is 0 Å². The van der Waals surface area contributed by atoms with Crippen molar-refractivity contribution >= 4 is 11.9 Å². The molecule has 0 aromatic rings. The third-order valence-corrected chi connectivity index (χ3v) is 13.4. The first kappa shape index (κ1) is 26.2. The van der Waals surface area contributed by atoms with Crippen LogP contribution in [-0.4, -0.2) is 45.1 Å². The highest BCUT2D eigenvalue weighted by molar-refractivity contribution is 5.77. The van der Waals surface area contributed by atoms with Crippen molar-refractivity contribution < 1.29 is 30.0 Å². The van der Waals surface area contributed by atoms with Crippen LogP contribution in [0.25, 0.3) is 0 Å². The van der Waals surface area contributed by atoms with E-state index in [2.05, 4.69) is 33.8 Å². The molecule has 0 amide bonds. The van der Waals surface area contributed by atoms with Crippen LogP contribution in [0.4, 0.5) is 0 Å². The number of fused-ring (bicyclic) bond motifs is 7. The molecule has 0 spiro atoms. The topological polar surface area (TPSA) is 115 Å². The van der Waals surface area contributed by atoms with Gasteiger partial charge in [-0.3, -0.25) is 9.59 Å². The number of hydrogen-bond acceptors (Lipinski definition) is 4. The zero-order chi connectivity index (χ0) is 26.5. The first-order valence-electron chi connectivity index (χ1n) is 14.1. The molecule has 4 fully saturated rings. The fraction of sp³-hybridized carbons (Fsp3) is 0.867. The van der Waals surface area contributed by atoms with Gasteiger partial charge in [0.25, 0.3) is 0 Å². The Morgan fingerprint density at radius 1 is 0.889 bits per heavy atom. The van der Waals surface area contributed by atoms with Crippen molar-refractivity contribution in [1.29, 1.82) is 0 Å². The van der Waals surface area contributed by atoms with Gasteiger partial charge in [-0.1, -0.05) is 39.3 Å². The zero-order valence-electron chi connectivity index (χ0n) is 22.8. The molecule has 0 unspecified atom stereocenters. The molecular formula is C30H46O6. The highest BCUT2D eigenvalue weighted by Gasteiger charge is 2.70. The Bertz CT molecular complexity index is 1010. The maximum absolute atomic E-state index is 12.8. The molecule has 0 aromatic carbocycles. The van der Waals surface area contributed by atoms with Gasteiger partial charge in [-0.05, 0) is 111 Å². The molecule has 4 saturated carbocycles. The molecule has 5 rings (SSSR count). The second-order valence-electron chi connectivity index (χ2n) is 14.6. The van der Waals surface area contributed by atoms with E-state index in [-0.39, 0.29) is 46.0 Å². The highest BCUT2D eigenvalue weighted by Crippen LogP contribution is 2.75. The Kier molecular flexibility index (Phi) is 5.69. The summed E-state index contributed by atoms with van der Waals surface area (Å²) in [5, 5.41) is 41.8. The number of allylic oxidation sites excluding steroid dienone is 2. The van der Waals surface area contributed by atoms with Crippen LogP contribution in [0.5, 0.6) is 0 Å². The number of carboxylic acids is 2. The minimum absolute atomic E-state index is 0.0677. The summed E-state index contributed by atoms with van der Waals surface area (Å²) < 4.78 is 0. The van der Waals surface area contributed by atoms with Gasteiger partial charge < -0.3 is 20.4 Å². The van der Waals surface area contributed by atoms with E-state index < -0.39 is 28.9 Å². The molecule has 5 aliphatic rings. The SMILES string of the molecule is C[C@@]1(CO)CC[C@]2(C(=O)O)CC[C@]3(C)C(=CC[C@@H]4[C@@]5(C)CC[C@H](O)[C@@](C)(C(=O)O)[C@@H]5CC[C@]43C)[C@@H]2C1. The van der Waals surface area contributed by atoms with Crippen molar-refractivity contribution in [3.8, 4) is 0 Å². The Balaban J connectivity index is 1.60. The molecule has 0 bridgehead atoms. The minimum atomic E-state index is -1.14. The highest BCUT2D eigenvalue weighted by atomic mass is 16.4. The van der Waals surface area contributed by atoms with Gasteiger partial charge in [0.05, 0.1) is 16.9 Å². The lowest BCUT2D eigenvalue weighted by Crippen LogP contribution is -2.66. The molecular weight excluding hydrogens is 456 g/mol. The summed E-state index contributed by atoms with van der Waals surface area (Å²) in [5.74, 6) is -1.44. The molecule has 0 heterocycles. The van der Waals surface area contributed by atoms with Crippen LogP contribution in [0.15, 0.2) is 11.6 Å². The van der Waals surface area contributed by atoms with E-state index in [4.69, 9.17) is 0 Å². The van der Waals surface area contributed by atoms with Crippen molar-refractivity contribution in [3.63, 3.8) is 0 Å². The van der Waals surface area contributed by atoms with E-state index in [1.165, 1.54) is 5.57 Å². The smallest absolute Gasteiger partial charge is 0.312 e. The molecule has 36 heavy (non-hydrogen) atoms. The predicted molar refractivity (Wildman–Crippen MR) is 136 cm³/mol. The number of aliphatic hydroxyl groups is 2. The fourth-order valence-electron chi connectivity index (χ4n) is 10.6. The van der Waals surface area contributed by atoms with Crippen LogP contribution in [-0.2, 0) is 9.59 Å². The number of hydrogen-bond donors (Lipinski definition) is 4. The second-order valence-corrected chi connectivity index (χ2v) is 14.6. The van der Waals surface area contributed by atoms with Gasteiger partial charge in [-0.15, -0.1) is 0 Å². The van der Waals surface area contributed by atoms with E-state index >= 15 is 0 Å². The Morgan fingerprint density at radius 2 is 1.56 bits per heavy atom. The largest absolute Gasteiger partial charge is 0.481 e. The lowest BCUT2D eigenvalue weighted by molar-refractivity contribution is -0.217. The van der Waals surface area contributed by atoms with Crippen molar-refractivity contribution in [2.75, 3.05) is 6.61 Å². The zero-order valence-corrected chi connectivity index (χ0v) is 22.8. The molecule has 0 saturated heterocycles. The lowest BCUT2D eigenvalue weighted by Gasteiger charge is -2.70. The molecule has 4 N–H and O–H groups in total. The van der Waals surface area contributed by atoms with Gasteiger partial charge in [0.1, 0.15) is 0 Å². The van der Waals surface area contributed by atoms with Gasteiger partial charge in [0, 0.05) is 6.61 Å². The standard InChI is InChI=1S/C30H46O6/c1-25(17-31)12-14-30(24(35)36)15-13-27(3)18(19(30)16-25)6-7-20-26(2)10-9-22(32)29(5,23(33)34)21(26)8-11-28(20,27)4/h6,19-22,31-32H,7-17H2,1-5H3,(H,33,34)(H,35,36)/t19-,20+,21+,22-,25+,26+,27+,28+,29-,30-/m0/s1. The molecule has 0 aliphatic heterocycles. The quantitative estimate of drug-likeness (QED) is 0.391. The molecule has 0 aromatic heterocycles. The number of aliphatic hydroxyl groups excluding tert-OH is 2. The Hall–Kier alpha value is -1.40. The summed E-state index contributed by atoms with van der Waals surface area (Å²) in [5.41, 5.74) is -1.27. The van der Waals surface area contributed by atoms with E-state index in [0.29, 0.717) is 25.7 Å². The fourth-order valence-corrected chi connectivity index (χ4v) is 10.6. The van der Waals surface area contributed by atoms with Crippen molar-refractivity contribution in [2.45, 2.75) is 105 Å². The van der Waals surface area contributed by atoms with Crippen LogP contribution < -0.4 is 0 Å². The average molecular weight is 503 g/mol. The van der Waals surface area contributed by atoms with E-state index in [1.54, 1.807) is 6.92 Å². The summed E-state index contributed by atoms with van der Waals surface area (Å²) in [4.78, 5) is 25.3. The summed E-state index contributed by atoms with van der Waals surface area (Å²) >= 11 is 0. The van der Waals surface area contributed by atoms with Crippen LogP contribution in [0.3, 0.4) is 0 Å². The number of carbonyl (C=O) groups is 2. The van der Waals surface area contributed by atoms with Gasteiger partial charge >= 0.3 is 11.9 Å².